The highest BCUT2D eigenvalue weighted by molar-refractivity contribution is 5.80. The molecular formula is C21H40N4O2. The number of likely N-dealkylation sites (tertiary alicyclic amines) is 1. The van der Waals surface area contributed by atoms with Gasteiger partial charge in [0.25, 0.3) is 0 Å². The maximum Gasteiger partial charge on any atom is 0.193 e. The molecule has 3 fully saturated rings. The normalized spacial score (nSPS) is 25.2. The molecule has 156 valence electrons. The monoisotopic (exact) mass is 380 g/mol. The maximum atomic E-state index is 6.15. The van der Waals surface area contributed by atoms with Crippen LogP contribution in [0.2, 0.25) is 0 Å². The van der Waals surface area contributed by atoms with E-state index in [1.165, 1.54) is 25.7 Å². The number of hydrogen-bond acceptors (Lipinski definition) is 4. The van der Waals surface area contributed by atoms with E-state index in [2.05, 4.69) is 29.0 Å². The fraction of sp³-hybridized carbons (Fsp3) is 0.952. The Morgan fingerprint density at radius 2 is 1.96 bits per heavy atom. The van der Waals surface area contributed by atoms with E-state index in [4.69, 9.17) is 14.5 Å². The van der Waals surface area contributed by atoms with E-state index in [0.29, 0.717) is 12.2 Å². The van der Waals surface area contributed by atoms with Crippen LogP contribution in [-0.2, 0) is 9.47 Å². The van der Waals surface area contributed by atoms with Crippen molar-refractivity contribution in [3.8, 4) is 0 Å². The Labute approximate surface area is 165 Å². The van der Waals surface area contributed by atoms with Crippen LogP contribution in [0.4, 0.5) is 0 Å². The van der Waals surface area contributed by atoms with Crippen molar-refractivity contribution in [2.45, 2.75) is 77.0 Å². The van der Waals surface area contributed by atoms with Gasteiger partial charge in [0.2, 0.25) is 0 Å². The lowest BCUT2D eigenvalue weighted by molar-refractivity contribution is -0.0721. The van der Waals surface area contributed by atoms with Gasteiger partial charge in [-0.2, -0.15) is 0 Å². The summed E-state index contributed by atoms with van der Waals surface area (Å²) in [6.07, 6.45) is 9.26. The summed E-state index contributed by atoms with van der Waals surface area (Å²) in [4.78, 5) is 9.89. The van der Waals surface area contributed by atoms with Gasteiger partial charge >= 0.3 is 0 Å². The SMILES string of the molecule is CCNC(=NCCN(CC)C1CC1)N1CCC(OCC2CCCCO2)CC1. The Hall–Kier alpha value is -0.850. The first-order chi connectivity index (χ1) is 13.3. The average molecular weight is 381 g/mol. The van der Waals surface area contributed by atoms with Crippen molar-refractivity contribution in [3.63, 3.8) is 0 Å². The first-order valence-electron chi connectivity index (χ1n) is 11.3. The highest BCUT2D eigenvalue weighted by Crippen LogP contribution is 2.26. The lowest BCUT2D eigenvalue weighted by Gasteiger charge is -2.35. The first kappa shape index (κ1) is 20.9. The van der Waals surface area contributed by atoms with E-state index < -0.39 is 0 Å². The summed E-state index contributed by atoms with van der Waals surface area (Å²) < 4.78 is 11.9. The fourth-order valence-corrected chi connectivity index (χ4v) is 4.17. The molecule has 3 aliphatic rings. The van der Waals surface area contributed by atoms with Gasteiger partial charge in [-0.05, 0) is 58.4 Å². The number of piperidine rings is 1. The summed E-state index contributed by atoms with van der Waals surface area (Å²) >= 11 is 0. The summed E-state index contributed by atoms with van der Waals surface area (Å²) in [6.45, 7) is 12.2. The van der Waals surface area contributed by atoms with Gasteiger partial charge in [0.05, 0.1) is 25.4 Å². The summed E-state index contributed by atoms with van der Waals surface area (Å²) in [5.74, 6) is 1.08. The second kappa shape index (κ2) is 11.2. The van der Waals surface area contributed by atoms with Gasteiger partial charge < -0.3 is 19.7 Å². The molecule has 1 unspecified atom stereocenters. The molecule has 3 rings (SSSR count). The zero-order chi connectivity index (χ0) is 18.9. The maximum absolute atomic E-state index is 6.15. The van der Waals surface area contributed by atoms with Gasteiger partial charge in [0, 0.05) is 38.8 Å². The van der Waals surface area contributed by atoms with Crippen molar-refractivity contribution >= 4 is 5.96 Å². The van der Waals surface area contributed by atoms with Crippen LogP contribution in [0.3, 0.4) is 0 Å². The van der Waals surface area contributed by atoms with Crippen LogP contribution in [0.15, 0.2) is 4.99 Å². The predicted molar refractivity (Wildman–Crippen MR) is 110 cm³/mol. The van der Waals surface area contributed by atoms with E-state index in [1.807, 2.05) is 0 Å². The van der Waals surface area contributed by atoms with E-state index in [-0.39, 0.29) is 0 Å². The van der Waals surface area contributed by atoms with Gasteiger partial charge in [-0.15, -0.1) is 0 Å². The number of nitrogens with one attached hydrogen (secondary N) is 1. The molecule has 6 nitrogen and oxygen atoms in total. The summed E-state index contributed by atoms with van der Waals surface area (Å²) in [5, 5.41) is 3.48. The molecule has 2 aliphatic heterocycles. The molecule has 1 N–H and O–H groups in total. The molecule has 0 spiro atoms. The van der Waals surface area contributed by atoms with Crippen molar-refractivity contribution in [1.82, 2.24) is 15.1 Å². The van der Waals surface area contributed by atoms with Gasteiger partial charge in [0.1, 0.15) is 0 Å². The molecule has 2 saturated heterocycles. The molecule has 1 aliphatic carbocycles. The molecule has 0 aromatic rings. The van der Waals surface area contributed by atoms with E-state index in [9.17, 15) is 0 Å². The van der Waals surface area contributed by atoms with E-state index in [0.717, 1.165) is 83.7 Å². The lowest BCUT2D eigenvalue weighted by Crippen LogP contribution is -2.47. The van der Waals surface area contributed by atoms with Crippen LogP contribution >= 0.6 is 0 Å². The van der Waals surface area contributed by atoms with Crippen LogP contribution in [0.5, 0.6) is 0 Å². The second-order valence-electron chi connectivity index (χ2n) is 8.10. The van der Waals surface area contributed by atoms with Gasteiger partial charge in [-0.3, -0.25) is 9.89 Å². The standard InChI is InChI=1S/C21H40N4O2/c1-3-22-21(23-12-15-24(4-2)18-8-9-18)25-13-10-19(11-14-25)27-17-20-7-5-6-16-26-20/h18-20H,3-17H2,1-2H3,(H,22,23). The number of guanidine groups is 1. The highest BCUT2D eigenvalue weighted by atomic mass is 16.5. The first-order valence-corrected chi connectivity index (χ1v) is 11.3. The van der Waals surface area contributed by atoms with Crippen molar-refractivity contribution in [2.24, 2.45) is 4.99 Å². The number of rotatable bonds is 9. The van der Waals surface area contributed by atoms with Crippen LogP contribution in [0.25, 0.3) is 0 Å². The zero-order valence-electron chi connectivity index (χ0n) is 17.5. The highest BCUT2D eigenvalue weighted by Gasteiger charge is 2.27. The molecule has 1 atom stereocenters. The summed E-state index contributed by atoms with van der Waals surface area (Å²) in [7, 11) is 0. The van der Waals surface area contributed by atoms with Crippen LogP contribution in [-0.4, -0.2) is 86.5 Å². The molecule has 0 aromatic heterocycles. The minimum absolute atomic E-state index is 0.323. The van der Waals surface area contributed by atoms with Crippen molar-refractivity contribution in [2.75, 3.05) is 52.5 Å². The van der Waals surface area contributed by atoms with Gasteiger partial charge in [-0.1, -0.05) is 6.92 Å². The fourth-order valence-electron chi connectivity index (χ4n) is 4.17. The molecule has 0 bridgehead atoms. The average Bonchev–Trinajstić information content (AvgIpc) is 3.55. The molecule has 0 amide bonds. The Kier molecular flexibility index (Phi) is 8.68. The quantitative estimate of drug-likeness (QED) is 0.492. The van der Waals surface area contributed by atoms with Crippen LogP contribution in [0, 0.1) is 0 Å². The molecular weight excluding hydrogens is 340 g/mol. The minimum Gasteiger partial charge on any atom is -0.376 e. The topological polar surface area (TPSA) is 49.3 Å². The van der Waals surface area contributed by atoms with E-state index >= 15 is 0 Å². The molecule has 6 heteroatoms. The Morgan fingerprint density at radius 3 is 2.59 bits per heavy atom. The van der Waals surface area contributed by atoms with Crippen molar-refractivity contribution < 1.29 is 9.47 Å². The van der Waals surface area contributed by atoms with Crippen molar-refractivity contribution in [3.05, 3.63) is 0 Å². The second-order valence-corrected chi connectivity index (χ2v) is 8.10. The number of ether oxygens (including phenoxy) is 2. The zero-order valence-corrected chi connectivity index (χ0v) is 17.5. The third-order valence-electron chi connectivity index (χ3n) is 5.99. The molecule has 0 aromatic carbocycles. The van der Waals surface area contributed by atoms with E-state index in [1.54, 1.807) is 0 Å². The minimum atomic E-state index is 0.323. The Balaban J connectivity index is 1.38. The summed E-state index contributed by atoms with van der Waals surface area (Å²) in [6, 6.07) is 0.828. The summed E-state index contributed by atoms with van der Waals surface area (Å²) in [5.41, 5.74) is 0. The third kappa shape index (κ3) is 6.91. The Bertz CT molecular complexity index is 441. The number of aliphatic imine (C=N–C) groups is 1. The predicted octanol–water partition coefficient (Wildman–Crippen LogP) is 2.49. The molecule has 2 heterocycles. The molecule has 1 saturated carbocycles. The number of hydrogen-bond donors (Lipinski definition) is 1. The Morgan fingerprint density at radius 1 is 1.15 bits per heavy atom. The largest absolute Gasteiger partial charge is 0.376 e. The van der Waals surface area contributed by atoms with Crippen molar-refractivity contribution in [1.29, 1.82) is 0 Å². The lowest BCUT2D eigenvalue weighted by atomic mass is 10.1. The molecule has 27 heavy (non-hydrogen) atoms. The van der Waals surface area contributed by atoms with Crippen LogP contribution < -0.4 is 5.32 Å². The number of likely N-dealkylation sites (N-methyl/N-ethyl adjacent to an activating group) is 1. The third-order valence-corrected chi connectivity index (χ3v) is 5.99. The van der Waals surface area contributed by atoms with Gasteiger partial charge in [-0.25, -0.2) is 0 Å². The smallest absolute Gasteiger partial charge is 0.193 e. The number of nitrogens with zero attached hydrogens (tertiary/aromatic N) is 3. The molecule has 0 radical (unpaired) electrons. The van der Waals surface area contributed by atoms with Gasteiger partial charge in [0.15, 0.2) is 5.96 Å². The van der Waals surface area contributed by atoms with Crippen LogP contribution in [0.1, 0.15) is 58.8 Å².